The van der Waals surface area contributed by atoms with Crippen LogP contribution in [-0.2, 0) is 13.0 Å². The average molecular weight is 340 g/mol. The minimum Gasteiger partial charge on any atom is -0.496 e. The van der Waals surface area contributed by atoms with Crippen molar-refractivity contribution in [3.63, 3.8) is 0 Å². The number of pyridine rings is 1. The monoisotopic (exact) mass is 340 g/mol. The Hall–Kier alpha value is -2.56. The fourth-order valence-electron chi connectivity index (χ4n) is 2.53. The van der Waals surface area contributed by atoms with E-state index in [0.717, 1.165) is 48.2 Å². The Morgan fingerprint density at radius 1 is 1.16 bits per heavy atom. The smallest absolute Gasteiger partial charge is 0.191 e. The number of hydrogen-bond acceptors (Lipinski definition) is 3. The van der Waals surface area contributed by atoms with E-state index in [1.165, 1.54) is 5.56 Å². The van der Waals surface area contributed by atoms with E-state index in [-0.39, 0.29) is 0 Å². The molecular weight excluding hydrogens is 312 g/mol. The van der Waals surface area contributed by atoms with Gasteiger partial charge in [0.1, 0.15) is 5.75 Å². The summed E-state index contributed by atoms with van der Waals surface area (Å²) in [6.07, 6.45) is 0.906. The minimum atomic E-state index is 0.565. The van der Waals surface area contributed by atoms with E-state index in [4.69, 9.17) is 4.74 Å². The van der Waals surface area contributed by atoms with E-state index < -0.39 is 0 Å². The lowest BCUT2D eigenvalue weighted by atomic mass is 10.1. The van der Waals surface area contributed by atoms with Gasteiger partial charge in [-0.25, -0.2) is 4.99 Å². The quantitative estimate of drug-likeness (QED) is 0.601. The molecule has 25 heavy (non-hydrogen) atoms. The second-order valence-electron chi connectivity index (χ2n) is 5.95. The van der Waals surface area contributed by atoms with Crippen molar-refractivity contribution in [2.45, 2.75) is 33.7 Å². The molecule has 0 aliphatic carbocycles. The maximum Gasteiger partial charge on any atom is 0.191 e. The molecule has 2 aromatic rings. The molecule has 0 saturated heterocycles. The number of guanidine groups is 1. The van der Waals surface area contributed by atoms with Crippen LogP contribution in [0.2, 0.25) is 0 Å². The zero-order chi connectivity index (χ0) is 18.1. The van der Waals surface area contributed by atoms with Crippen molar-refractivity contribution in [3.8, 4) is 5.75 Å². The van der Waals surface area contributed by atoms with Crippen molar-refractivity contribution in [1.29, 1.82) is 0 Å². The first-order valence-electron chi connectivity index (χ1n) is 8.70. The van der Waals surface area contributed by atoms with Crippen molar-refractivity contribution >= 4 is 5.96 Å². The third kappa shape index (κ3) is 6.10. The summed E-state index contributed by atoms with van der Waals surface area (Å²) in [5.74, 6) is 1.74. The molecule has 5 heteroatoms. The number of aliphatic imine (C=N–C) groups is 1. The van der Waals surface area contributed by atoms with Crippen molar-refractivity contribution in [2.24, 2.45) is 4.99 Å². The van der Waals surface area contributed by atoms with Crippen molar-refractivity contribution in [2.75, 3.05) is 20.2 Å². The van der Waals surface area contributed by atoms with Crippen LogP contribution in [0.25, 0.3) is 0 Å². The first kappa shape index (κ1) is 18.8. The molecule has 134 valence electrons. The number of methoxy groups -OCH3 is 1. The van der Waals surface area contributed by atoms with Gasteiger partial charge in [0, 0.05) is 18.8 Å². The molecule has 0 atom stereocenters. The average Bonchev–Trinajstić information content (AvgIpc) is 2.61. The lowest BCUT2D eigenvalue weighted by molar-refractivity contribution is 0.411. The Labute approximate surface area is 150 Å². The molecule has 0 saturated carbocycles. The lowest BCUT2D eigenvalue weighted by Crippen LogP contribution is -2.38. The normalized spacial score (nSPS) is 11.3. The van der Waals surface area contributed by atoms with Gasteiger partial charge in [0.25, 0.3) is 0 Å². The number of ether oxygens (including phenoxy) is 1. The Kier molecular flexibility index (Phi) is 7.26. The Bertz CT molecular complexity index is 713. The number of aromatic nitrogens is 1. The van der Waals surface area contributed by atoms with Crippen LogP contribution >= 0.6 is 0 Å². The summed E-state index contributed by atoms with van der Waals surface area (Å²) in [5, 5.41) is 6.65. The van der Waals surface area contributed by atoms with Crippen LogP contribution < -0.4 is 15.4 Å². The molecule has 0 unspecified atom stereocenters. The summed E-state index contributed by atoms with van der Waals surface area (Å²) in [5.41, 5.74) is 4.38. The van der Waals surface area contributed by atoms with Crippen LogP contribution in [-0.4, -0.2) is 31.1 Å². The SMILES string of the molecule is CCNC(=NCc1cccc(C)n1)NCCc1ccc(C)c(OC)c1. The highest BCUT2D eigenvalue weighted by Gasteiger charge is 2.02. The van der Waals surface area contributed by atoms with Gasteiger partial charge in [0.05, 0.1) is 19.3 Å². The molecule has 1 aromatic heterocycles. The maximum atomic E-state index is 5.39. The third-order valence-electron chi connectivity index (χ3n) is 3.87. The number of aryl methyl sites for hydroxylation is 2. The summed E-state index contributed by atoms with van der Waals surface area (Å²) >= 11 is 0. The number of nitrogens with one attached hydrogen (secondary N) is 2. The van der Waals surface area contributed by atoms with E-state index in [1.807, 2.05) is 25.1 Å². The number of rotatable bonds is 7. The Balaban J connectivity index is 1.91. The largest absolute Gasteiger partial charge is 0.496 e. The highest BCUT2D eigenvalue weighted by atomic mass is 16.5. The van der Waals surface area contributed by atoms with Crippen molar-refractivity contribution in [1.82, 2.24) is 15.6 Å². The molecular formula is C20H28N4O. The summed E-state index contributed by atoms with van der Waals surface area (Å²) in [4.78, 5) is 9.10. The molecule has 2 N–H and O–H groups in total. The standard InChI is InChI=1S/C20H28N4O/c1-5-21-20(23-14-18-8-6-7-16(3)24-18)22-12-11-17-10-9-15(2)19(13-17)25-4/h6-10,13H,5,11-12,14H2,1-4H3,(H2,21,22,23). The van der Waals surface area contributed by atoms with Crippen LogP contribution in [0.3, 0.4) is 0 Å². The Morgan fingerprint density at radius 3 is 2.72 bits per heavy atom. The summed E-state index contributed by atoms with van der Waals surface area (Å²) in [6, 6.07) is 12.3. The van der Waals surface area contributed by atoms with Crippen LogP contribution in [0.5, 0.6) is 5.75 Å². The molecule has 1 heterocycles. The highest BCUT2D eigenvalue weighted by molar-refractivity contribution is 5.79. The summed E-state index contributed by atoms with van der Waals surface area (Å²) in [7, 11) is 1.71. The molecule has 0 radical (unpaired) electrons. The van der Waals surface area contributed by atoms with E-state index in [2.05, 4.69) is 52.7 Å². The van der Waals surface area contributed by atoms with E-state index in [1.54, 1.807) is 7.11 Å². The second kappa shape index (κ2) is 9.67. The highest BCUT2D eigenvalue weighted by Crippen LogP contribution is 2.18. The molecule has 2 rings (SSSR count). The molecule has 1 aromatic carbocycles. The van der Waals surface area contributed by atoms with Gasteiger partial charge in [-0.1, -0.05) is 18.2 Å². The molecule has 0 fully saturated rings. The Morgan fingerprint density at radius 2 is 2.00 bits per heavy atom. The zero-order valence-corrected chi connectivity index (χ0v) is 15.6. The summed E-state index contributed by atoms with van der Waals surface area (Å²) < 4.78 is 5.39. The van der Waals surface area contributed by atoms with E-state index >= 15 is 0 Å². The molecule has 0 amide bonds. The van der Waals surface area contributed by atoms with Crippen LogP contribution in [0.15, 0.2) is 41.4 Å². The van der Waals surface area contributed by atoms with Crippen LogP contribution in [0.4, 0.5) is 0 Å². The van der Waals surface area contributed by atoms with Gasteiger partial charge in [0.15, 0.2) is 5.96 Å². The molecule has 0 spiro atoms. The van der Waals surface area contributed by atoms with Crippen LogP contribution in [0, 0.1) is 13.8 Å². The number of benzene rings is 1. The lowest BCUT2D eigenvalue weighted by Gasteiger charge is -2.12. The third-order valence-corrected chi connectivity index (χ3v) is 3.87. The van der Waals surface area contributed by atoms with Crippen molar-refractivity contribution < 1.29 is 4.74 Å². The fraction of sp³-hybridized carbons (Fsp3) is 0.400. The molecule has 0 aliphatic heterocycles. The predicted molar refractivity (Wildman–Crippen MR) is 103 cm³/mol. The molecule has 0 bridgehead atoms. The predicted octanol–water partition coefficient (Wildman–Crippen LogP) is 3.00. The van der Waals surface area contributed by atoms with Gasteiger partial charge in [-0.15, -0.1) is 0 Å². The van der Waals surface area contributed by atoms with E-state index in [9.17, 15) is 0 Å². The van der Waals surface area contributed by atoms with Crippen LogP contribution in [0.1, 0.15) is 29.4 Å². The number of nitrogens with zero attached hydrogens (tertiary/aromatic N) is 2. The zero-order valence-electron chi connectivity index (χ0n) is 15.6. The summed E-state index contributed by atoms with van der Waals surface area (Å²) in [6.45, 7) is 8.30. The first-order valence-corrected chi connectivity index (χ1v) is 8.70. The first-order chi connectivity index (χ1) is 12.1. The van der Waals surface area contributed by atoms with Gasteiger partial charge in [-0.3, -0.25) is 4.98 Å². The van der Waals surface area contributed by atoms with E-state index in [0.29, 0.717) is 6.54 Å². The number of hydrogen-bond donors (Lipinski definition) is 2. The fourth-order valence-corrected chi connectivity index (χ4v) is 2.53. The van der Waals surface area contributed by atoms with Gasteiger partial charge in [-0.2, -0.15) is 0 Å². The molecule has 0 aliphatic rings. The van der Waals surface area contributed by atoms with Gasteiger partial charge in [-0.05, 0) is 56.5 Å². The molecule has 5 nitrogen and oxygen atoms in total. The topological polar surface area (TPSA) is 58.5 Å². The maximum absolute atomic E-state index is 5.39. The van der Waals surface area contributed by atoms with Gasteiger partial charge in [0.2, 0.25) is 0 Å². The van der Waals surface area contributed by atoms with Gasteiger partial charge < -0.3 is 15.4 Å². The van der Waals surface area contributed by atoms with Crippen molar-refractivity contribution in [3.05, 3.63) is 58.9 Å². The second-order valence-corrected chi connectivity index (χ2v) is 5.95. The minimum absolute atomic E-state index is 0.565. The van der Waals surface area contributed by atoms with Gasteiger partial charge >= 0.3 is 0 Å².